The summed E-state index contributed by atoms with van der Waals surface area (Å²) in [7, 11) is 0. The number of aromatic nitrogens is 4. The van der Waals surface area contributed by atoms with Crippen LogP contribution in [-0.4, -0.2) is 63.3 Å². The Kier molecular flexibility index (Phi) is 5.61. The zero-order chi connectivity index (χ0) is 22.9. The second kappa shape index (κ2) is 8.72. The molecular weight excluding hydrogens is 430 g/mol. The van der Waals surface area contributed by atoms with Crippen molar-refractivity contribution in [1.29, 1.82) is 0 Å². The predicted molar refractivity (Wildman–Crippen MR) is 119 cm³/mol. The van der Waals surface area contributed by atoms with Gasteiger partial charge in [-0.25, -0.2) is 13.8 Å². The average molecular weight is 452 g/mol. The number of benzene rings is 1. The molecule has 4 heterocycles. The van der Waals surface area contributed by atoms with E-state index in [1.54, 1.807) is 18.5 Å². The largest absolute Gasteiger partial charge is 0.396 e. The zero-order valence-electron chi connectivity index (χ0n) is 17.7. The Balaban J connectivity index is 1.42. The Labute approximate surface area is 188 Å². The van der Waals surface area contributed by atoms with E-state index in [-0.39, 0.29) is 11.3 Å². The van der Waals surface area contributed by atoms with E-state index in [0.717, 1.165) is 62.7 Å². The summed E-state index contributed by atoms with van der Waals surface area (Å²) in [6.45, 7) is 4.92. The number of nitrogens with zero attached hydrogens (tertiary/aromatic N) is 4. The van der Waals surface area contributed by atoms with Crippen molar-refractivity contribution in [2.45, 2.75) is 6.54 Å². The zero-order valence-corrected chi connectivity index (χ0v) is 17.7. The van der Waals surface area contributed by atoms with Gasteiger partial charge in [-0.05, 0) is 18.2 Å². The number of hydrogen-bond acceptors (Lipinski definition) is 6. The molecule has 0 aliphatic carbocycles. The summed E-state index contributed by atoms with van der Waals surface area (Å²) in [5.74, 6) is -2.84. The number of ether oxygens (including phenoxy) is 1. The Bertz CT molecular complexity index is 1330. The van der Waals surface area contributed by atoms with Gasteiger partial charge in [-0.15, -0.1) is 0 Å². The van der Waals surface area contributed by atoms with E-state index in [2.05, 4.69) is 20.0 Å². The highest BCUT2D eigenvalue weighted by molar-refractivity contribution is 6.16. The van der Waals surface area contributed by atoms with Crippen molar-refractivity contribution >= 4 is 22.5 Å². The molecule has 0 amide bonds. The Hall–Kier alpha value is -3.63. The number of hydrogen-bond donors (Lipinski definition) is 2. The molecule has 1 aliphatic rings. The summed E-state index contributed by atoms with van der Waals surface area (Å²) < 4.78 is 35.9. The minimum Gasteiger partial charge on any atom is -0.396 e. The smallest absolute Gasteiger partial charge is 0.201 e. The van der Waals surface area contributed by atoms with Crippen LogP contribution in [-0.2, 0) is 11.3 Å². The number of nitrogens with two attached hydrogens (primary N) is 1. The SMILES string of the molecule is Nc1ccc(F)c(C(=O)c2c[nH]c3ncc(-c4cnn(CCN5CCOCC5)c4)cc23)c1F. The van der Waals surface area contributed by atoms with Gasteiger partial charge in [-0.3, -0.25) is 14.4 Å². The van der Waals surface area contributed by atoms with Crippen LogP contribution in [0.3, 0.4) is 0 Å². The molecule has 33 heavy (non-hydrogen) atoms. The fourth-order valence-corrected chi connectivity index (χ4v) is 3.96. The molecule has 3 N–H and O–H groups in total. The molecular formula is C23H22F2N6O2. The number of rotatable bonds is 6. The minimum atomic E-state index is -1.07. The monoisotopic (exact) mass is 452 g/mol. The number of morpholine rings is 1. The number of nitrogens with one attached hydrogen (secondary N) is 1. The molecule has 4 aromatic rings. The highest BCUT2D eigenvalue weighted by Crippen LogP contribution is 2.28. The summed E-state index contributed by atoms with van der Waals surface area (Å²) in [5.41, 5.74) is 6.68. The van der Waals surface area contributed by atoms with Crippen molar-refractivity contribution in [3.63, 3.8) is 0 Å². The van der Waals surface area contributed by atoms with E-state index in [0.29, 0.717) is 11.0 Å². The molecule has 10 heteroatoms. The molecule has 170 valence electrons. The third-order valence-corrected chi connectivity index (χ3v) is 5.84. The van der Waals surface area contributed by atoms with Crippen LogP contribution >= 0.6 is 0 Å². The standard InChI is InChI=1S/C23H22F2N6O2/c24-18-1-2-19(26)21(25)20(18)22(32)17-12-28-23-16(17)9-14(10-27-23)15-11-29-31(13-15)4-3-30-5-7-33-8-6-30/h1-2,9-13H,3-8,26H2,(H,27,28). The van der Waals surface area contributed by atoms with Crippen LogP contribution in [0.5, 0.6) is 0 Å². The fraction of sp³-hybridized carbons (Fsp3) is 0.261. The fourth-order valence-electron chi connectivity index (χ4n) is 3.96. The van der Waals surface area contributed by atoms with Gasteiger partial charge < -0.3 is 15.5 Å². The number of carbonyl (C=O) groups is 1. The lowest BCUT2D eigenvalue weighted by Crippen LogP contribution is -2.38. The van der Waals surface area contributed by atoms with Gasteiger partial charge in [0.2, 0.25) is 5.78 Å². The van der Waals surface area contributed by atoms with Crippen LogP contribution in [0.15, 0.2) is 43.0 Å². The van der Waals surface area contributed by atoms with E-state index < -0.39 is 23.0 Å². The maximum atomic E-state index is 14.4. The first-order valence-corrected chi connectivity index (χ1v) is 10.6. The van der Waals surface area contributed by atoms with Gasteiger partial charge >= 0.3 is 0 Å². The third-order valence-electron chi connectivity index (χ3n) is 5.84. The normalized spacial score (nSPS) is 14.7. The number of pyridine rings is 1. The lowest BCUT2D eigenvalue weighted by atomic mass is 10.0. The van der Waals surface area contributed by atoms with Crippen LogP contribution < -0.4 is 5.73 Å². The van der Waals surface area contributed by atoms with E-state index in [1.165, 1.54) is 6.20 Å². The highest BCUT2D eigenvalue weighted by Gasteiger charge is 2.24. The summed E-state index contributed by atoms with van der Waals surface area (Å²) >= 11 is 0. The lowest BCUT2D eigenvalue weighted by Gasteiger charge is -2.26. The van der Waals surface area contributed by atoms with Gasteiger partial charge in [-0.2, -0.15) is 5.10 Å². The Morgan fingerprint density at radius 3 is 2.79 bits per heavy atom. The van der Waals surface area contributed by atoms with Crippen molar-refractivity contribution in [3.8, 4) is 11.1 Å². The molecule has 0 radical (unpaired) electrons. The first-order valence-electron chi connectivity index (χ1n) is 10.6. The molecule has 0 bridgehead atoms. The molecule has 0 spiro atoms. The lowest BCUT2D eigenvalue weighted by molar-refractivity contribution is 0.0360. The molecule has 0 atom stereocenters. The van der Waals surface area contributed by atoms with E-state index >= 15 is 0 Å². The topological polar surface area (TPSA) is 102 Å². The highest BCUT2D eigenvalue weighted by atomic mass is 19.1. The Morgan fingerprint density at radius 1 is 1.15 bits per heavy atom. The summed E-state index contributed by atoms with van der Waals surface area (Å²) in [6, 6.07) is 3.83. The number of ketones is 1. The second-order valence-electron chi connectivity index (χ2n) is 7.92. The van der Waals surface area contributed by atoms with Gasteiger partial charge in [-0.1, -0.05) is 0 Å². The van der Waals surface area contributed by atoms with Gasteiger partial charge in [0.15, 0.2) is 5.82 Å². The number of carbonyl (C=O) groups excluding carboxylic acids is 1. The molecule has 1 aliphatic heterocycles. The van der Waals surface area contributed by atoms with Gasteiger partial charge in [0.1, 0.15) is 11.5 Å². The quantitative estimate of drug-likeness (QED) is 0.345. The predicted octanol–water partition coefficient (Wildman–Crippen LogP) is 2.85. The maximum Gasteiger partial charge on any atom is 0.201 e. The van der Waals surface area contributed by atoms with E-state index in [4.69, 9.17) is 10.5 Å². The summed E-state index contributed by atoms with van der Waals surface area (Å²) in [4.78, 5) is 22.6. The first-order chi connectivity index (χ1) is 16.0. The van der Waals surface area contributed by atoms with Crippen molar-refractivity contribution in [2.75, 3.05) is 38.6 Å². The third kappa shape index (κ3) is 4.10. The van der Waals surface area contributed by atoms with Crippen LogP contribution in [0, 0.1) is 11.6 Å². The maximum absolute atomic E-state index is 14.4. The second-order valence-corrected chi connectivity index (χ2v) is 7.92. The van der Waals surface area contributed by atoms with Crippen molar-refractivity contribution in [1.82, 2.24) is 24.6 Å². The van der Waals surface area contributed by atoms with Crippen LogP contribution in [0.4, 0.5) is 14.5 Å². The first kappa shape index (κ1) is 21.2. The molecule has 1 aromatic carbocycles. The molecule has 0 unspecified atom stereocenters. The molecule has 5 rings (SSSR count). The van der Waals surface area contributed by atoms with Crippen molar-refractivity contribution < 1.29 is 18.3 Å². The van der Waals surface area contributed by atoms with Crippen LogP contribution in [0.2, 0.25) is 0 Å². The molecule has 0 saturated carbocycles. The van der Waals surface area contributed by atoms with E-state index in [1.807, 2.05) is 10.9 Å². The average Bonchev–Trinajstić information content (AvgIpc) is 3.48. The summed E-state index contributed by atoms with van der Waals surface area (Å²) in [6.07, 6.45) is 6.71. The molecule has 8 nitrogen and oxygen atoms in total. The van der Waals surface area contributed by atoms with Gasteiger partial charge in [0, 0.05) is 60.3 Å². The minimum absolute atomic E-state index is 0.113. The number of fused-ring (bicyclic) bond motifs is 1. The van der Waals surface area contributed by atoms with Crippen LogP contribution in [0.25, 0.3) is 22.2 Å². The number of H-pyrrole nitrogens is 1. The van der Waals surface area contributed by atoms with Gasteiger partial charge in [0.05, 0.1) is 37.2 Å². The number of nitrogen functional groups attached to an aromatic ring is 1. The Morgan fingerprint density at radius 2 is 1.97 bits per heavy atom. The van der Waals surface area contributed by atoms with E-state index in [9.17, 15) is 13.6 Å². The molecule has 1 fully saturated rings. The molecule has 1 saturated heterocycles. The van der Waals surface area contributed by atoms with Crippen LogP contribution in [0.1, 0.15) is 15.9 Å². The van der Waals surface area contributed by atoms with Crippen molar-refractivity contribution in [3.05, 3.63) is 65.7 Å². The van der Waals surface area contributed by atoms with Gasteiger partial charge in [0.25, 0.3) is 0 Å². The summed E-state index contributed by atoms with van der Waals surface area (Å²) in [5, 5.41) is 4.88. The van der Waals surface area contributed by atoms with Crippen molar-refractivity contribution in [2.24, 2.45) is 0 Å². The number of halogens is 2. The number of anilines is 1. The number of aromatic amines is 1. The molecule has 3 aromatic heterocycles.